The molecule has 0 aliphatic heterocycles. The third kappa shape index (κ3) is 5.47. The lowest BCUT2D eigenvalue weighted by molar-refractivity contribution is -0.119. The van der Waals surface area contributed by atoms with Gasteiger partial charge in [0.25, 0.3) is 5.91 Å². The average molecular weight is 352 g/mol. The summed E-state index contributed by atoms with van der Waals surface area (Å²) in [5.74, 6) is 0.489. The number of ether oxygens (including phenoxy) is 1. The maximum Gasteiger partial charge on any atom is 0.259 e. The average Bonchev–Trinajstić information content (AvgIpc) is 2.56. The van der Waals surface area contributed by atoms with Crippen molar-refractivity contribution in [2.24, 2.45) is 5.10 Å². The van der Waals surface area contributed by atoms with Crippen molar-refractivity contribution in [1.82, 2.24) is 5.43 Å². The molecule has 7 heteroatoms. The molecule has 23 heavy (non-hydrogen) atoms. The van der Waals surface area contributed by atoms with Crippen molar-refractivity contribution in [3.8, 4) is 5.75 Å². The van der Waals surface area contributed by atoms with Gasteiger partial charge in [-0.05, 0) is 42.0 Å². The Bertz CT molecular complexity index is 703. The highest BCUT2D eigenvalue weighted by Gasteiger charge is 2.00. The normalized spacial score (nSPS) is 10.6. The molecule has 0 aliphatic carbocycles. The van der Waals surface area contributed by atoms with E-state index in [0.717, 1.165) is 17.0 Å². The Hall–Kier alpha value is -2.24. The molecule has 0 saturated heterocycles. The van der Waals surface area contributed by atoms with E-state index in [0.29, 0.717) is 10.0 Å². The number of carbonyl (C=O) groups is 1. The Morgan fingerprint density at radius 3 is 2.57 bits per heavy atom. The predicted octanol–water partition coefficient (Wildman–Crippen LogP) is 3.56. The van der Waals surface area contributed by atoms with E-state index < -0.39 is 0 Å². The molecule has 0 unspecified atom stereocenters. The van der Waals surface area contributed by atoms with Crippen LogP contribution in [0.25, 0.3) is 0 Å². The lowest BCUT2D eigenvalue weighted by atomic mass is 10.2. The monoisotopic (exact) mass is 351 g/mol. The van der Waals surface area contributed by atoms with Crippen LogP contribution >= 0.6 is 23.2 Å². The minimum atomic E-state index is -0.267. The van der Waals surface area contributed by atoms with Crippen LogP contribution in [0.2, 0.25) is 10.0 Å². The van der Waals surface area contributed by atoms with Crippen molar-refractivity contribution in [2.75, 3.05) is 19.0 Å². The number of anilines is 1. The first-order valence-electron chi connectivity index (χ1n) is 6.73. The van der Waals surface area contributed by atoms with E-state index in [9.17, 15) is 4.79 Å². The van der Waals surface area contributed by atoms with Crippen LogP contribution in [0.3, 0.4) is 0 Å². The number of amides is 1. The Balaban J connectivity index is 1.79. The van der Waals surface area contributed by atoms with Crippen molar-refractivity contribution >= 4 is 41.0 Å². The molecule has 0 atom stereocenters. The highest BCUT2D eigenvalue weighted by Crippen LogP contribution is 2.21. The smallest absolute Gasteiger partial charge is 0.259 e. The van der Waals surface area contributed by atoms with E-state index in [1.54, 1.807) is 25.3 Å². The number of nitrogens with one attached hydrogen (secondary N) is 2. The minimum Gasteiger partial charge on any atom is -0.497 e. The van der Waals surface area contributed by atoms with Gasteiger partial charge in [0.1, 0.15) is 5.75 Å². The molecule has 0 fully saturated rings. The molecule has 0 radical (unpaired) electrons. The van der Waals surface area contributed by atoms with E-state index in [2.05, 4.69) is 15.8 Å². The minimum absolute atomic E-state index is 0.102. The summed E-state index contributed by atoms with van der Waals surface area (Å²) in [6.07, 6.45) is 1.49. The quantitative estimate of drug-likeness (QED) is 0.617. The Labute approximate surface area is 144 Å². The fourth-order valence-corrected chi connectivity index (χ4v) is 2.01. The number of benzene rings is 2. The van der Waals surface area contributed by atoms with Crippen LogP contribution < -0.4 is 15.5 Å². The van der Waals surface area contributed by atoms with Crippen LogP contribution in [0, 0.1) is 0 Å². The van der Waals surface area contributed by atoms with Crippen LogP contribution in [-0.2, 0) is 4.79 Å². The molecule has 2 aromatic carbocycles. The maximum atomic E-state index is 11.7. The summed E-state index contributed by atoms with van der Waals surface area (Å²) in [4.78, 5) is 11.7. The van der Waals surface area contributed by atoms with Crippen molar-refractivity contribution in [1.29, 1.82) is 0 Å². The number of hydrogen-bond acceptors (Lipinski definition) is 4. The molecular formula is C16H15Cl2N3O2. The molecule has 2 aromatic rings. The second-order valence-electron chi connectivity index (χ2n) is 4.55. The molecule has 2 N–H and O–H groups in total. The zero-order valence-electron chi connectivity index (χ0n) is 12.3. The van der Waals surface area contributed by atoms with Gasteiger partial charge >= 0.3 is 0 Å². The van der Waals surface area contributed by atoms with Gasteiger partial charge in [-0.1, -0.05) is 29.3 Å². The number of methoxy groups -OCH3 is 1. The van der Waals surface area contributed by atoms with Crippen molar-refractivity contribution in [2.45, 2.75) is 0 Å². The number of rotatable bonds is 6. The second-order valence-corrected chi connectivity index (χ2v) is 5.36. The molecule has 2 rings (SSSR count). The number of halogens is 2. The topological polar surface area (TPSA) is 62.7 Å². The fraction of sp³-hybridized carbons (Fsp3) is 0.125. The first-order valence-corrected chi connectivity index (χ1v) is 7.49. The SMILES string of the molecule is COc1ccc(NCC(=O)N/N=C/c2ccc(Cl)c(Cl)c2)cc1. The molecule has 0 aromatic heterocycles. The lowest BCUT2D eigenvalue weighted by Crippen LogP contribution is -2.25. The van der Waals surface area contributed by atoms with Gasteiger partial charge in [-0.2, -0.15) is 5.10 Å². The molecule has 5 nitrogen and oxygen atoms in total. The number of hydrazone groups is 1. The first-order chi connectivity index (χ1) is 11.1. The zero-order valence-corrected chi connectivity index (χ0v) is 13.9. The van der Waals surface area contributed by atoms with E-state index in [4.69, 9.17) is 27.9 Å². The van der Waals surface area contributed by atoms with Crippen LogP contribution in [0.5, 0.6) is 5.75 Å². The van der Waals surface area contributed by atoms with Gasteiger partial charge in [0.15, 0.2) is 0 Å². The number of hydrogen-bond donors (Lipinski definition) is 2. The standard InChI is InChI=1S/C16H15Cl2N3O2/c1-23-13-5-3-12(4-6-13)19-10-16(22)21-20-9-11-2-7-14(17)15(18)8-11/h2-9,19H,10H2,1H3,(H,21,22)/b20-9+. The summed E-state index contributed by atoms with van der Waals surface area (Å²) in [5, 5.41) is 7.75. The van der Waals surface area contributed by atoms with Crippen LogP contribution in [-0.4, -0.2) is 25.8 Å². The van der Waals surface area contributed by atoms with E-state index in [-0.39, 0.29) is 12.5 Å². The van der Waals surface area contributed by atoms with Gasteiger partial charge in [0.05, 0.1) is 29.9 Å². The van der Waals surface area contributed by atoms with Gasteiger partial charge in [0.2, 0.25) is 0 Å². The van der Waals surface area contributed by atoms with Gasteiger partial charge in [-0.3, -0.25) is 4.79 Å². The molecule has 0 saturated carbocycles. The summed E-state index contributed by atoms with van der Waals surface area (Å²) >= 11 is 11.7. The highest BCUT2D eigenvalue weighted by molar-refractivity contribution is 6.42. The Morgan fingerprint density at radius 1 is 1.17 bits per heavy atom. The Morgan fingerprint density at radius 2 is 1.91 bits per heavy atom. The second kappa shape index (κ2) is 8.41. The Kier molecular flexibility index (Phi) is 6.26. The molecule has 0 heterocycles. The summed E-state index contributed by atoms with van der Waals surface area (Å²) in [6.45, 7) is 0.102. The molecule has 0 spiro atoms. The highest BCUT2D eigenvalue weighted by atomic mass is 35.5. The fourth-order valence-electron chi connectivity index (χ4n) is 1.70. The van der Waals surface area contributed by atoms with Crippen molar-refractivity contribution < 1.29 is 9.53 Å². The van der Waals surface area contributed by atoms with Gasteiger partial charge in [-0.25, -0.2) is 5.43 Å². The number of nitrogens with zero attached hydrogens (tertiary/aromatic N) is 1. The van der Waals surface area contributed by atoms with Gasteiger partial charge < -0.3 is 10.1 Å². The molecule has 0 aliphatic rings. The number of carbonyl (C=O) groups excluding carboxylic acids is 1. The van der Waals surface area contributed by atoms with Crippen LogP contribution in [0.1, 0.15) is 5.56 Å². The van der Waals surface area contributed by atoms with E-state index >= 15 is 0 Å². The lowest BCUT2D eigenvalue weighted by Gasteiger charge is -2.06. The molecule has 0 bridgehead atoms. The third-order valence-corrected chi connectivity index (χ3v) is 3.63. The summed E-state index contributed by atoms with van der Waals surface area (Å²) in [6, 6.07) is 12.3. The van der Waals surface area contributed by atoms with Crippen molar-refractivity contribution in [3.63, 3.8) is 0 Å². The van der Waals surface area contributed by atoms with Gasteiger partial charge in [0, 0.05) is 5.69 Å². The summed E-state index contributed by atoms with van der Waals surface area (Å²) in [7, 11) is 1.60. The largest absolute Gasteiger partial charge is 0.497 e. The van der Waals surface area contributed by atoms with Crippen molar-refractivity contribution in [3.05, 3.63) is 58.1 Å². The zero-order chi connectivity index (χ0) is 16.7. The van der Waals surface area contributed by atoms with E-state index in [1.807, 2.05) is 24.3 Å². The van der Waals surface area contributed by atoms with E-state index in [1.165, 1.54) is 6.21 Å². The summed E-state index contributed by atoms with van der Waals surface area (Å²) < 4.78 is 5.06. The third-order valence-electron chi connectivity index (χ3n) is 2.89. The van der Waals surface area contributed by atoms with Crippen LogP contribution in [0.4, 0.5) is 5.69 Å². The van der Waals surface area contributed by atoms with Crippen LogP contribution in [0.15, 0.2) is 47.6 Å². The predicted molar refractivity (Wildman–Crippen MR) is 93.7 cm³/mol. The molecule has 1 amide bonds. The van der Waals surface area contributed by atoms with Gasteiger partial charge in [-0.15, -0.1) is 0 Å². The summed E-state index contributed by atoms with van der Waals surface area (Å²) in [5.41, 5.74) is 3.98. The first kappa shape index (κ1) is 17.1. The molecule has 120 valence electrons. The molecular weight excluding hydrogens is 337 g/mol. The maximum absolute atomic E-state index is 11.7.